The van der Waals surface area contributed by atoms with Crippen LogP contribution in [0, 0.1) is 6.92 Å². The number of hydrogen-bond donors (Lipinski definition) is 1. The van der Waals surface area contributed by atoms with Gasteiger partial charge < -0.3 is 0 Å². The van der Waals surface area contributed by atoms with Crippen molar-refractivity contribution in [3.63, 3.8) is 0 Å². The molecule has 3 heterocycles. The van der Waals surface area contributed by atoms with Gasteiger partial charge in [0.25, 0.3) is 0 Å². The third-order valence-corrected chi connectivity index (χ3v) is 4.79. The van der Waals surface area contributed by atoms with E-state index in [-0.39, 0.29) is 0 Å². The van der Waals surface area contributed by atoms with E-state index >= 15 is 0 Å². The molecule has 0 saturated carbocycles. The SMILES string of the molecule is Cc1nc([C@@H]2CCCN(Cc3cccc(Cn4cccn4)c3)C2)n[nH]1. The molecule has 0 radical (unpaired) electrons. The van der Waals surface area contributed by atoms with Crippen LogP contribution in [0.15, 0.2) is 42.7 Å². The van der Waals surface area contributed by atoms with Gasteiger partial charge in [-0.15, -0.1) is 0 Å². The van der Waals surface area contributed by atoms with Crippen molar-refractivity contribution in [3.05, 3.63) is 65.5 Å². The zero-order valence-corrected chi connectivity index (χ0v) is 14.6. The summed E-state index contributed by atoms with van der Waals surface area (Å²) in [7, 11) is 0. The lowest BCUT2D eigenvalue weighted by Gasteiger charge is -2.31. The number of piperidine rings is 1. The van der Waals surface area contributed by atoms with E-state index in [1.54, 1.807) is 0 Å². The topological polar surface area (TPSA) is 62.6 Å². The van der Waals surface area contributed by atoms with Gasteiger partial charge in [-0.3, -0.25) is 14.7 Å². The Morgan fingerprint density at radius 3 is 2.84 bits per heavy atom. The average molecular weight is 336 g/mol. The van der Waals surface area contributed by atoms with Gasteiger partial charge in [-0.1, -0.05) is 24.3 Å². The summed E-state index contributed by atoms with van der Waals surface area (Å²) < 4.78 is 1.96. The minimum absolute atomic E-state index is 0.436. The monoisotopic (exact) mass is 336 g/mol. The molecule has 6 heteroatoms. The highest BCUT2D eigenvalue weighted by molar-refractivity contribution is 5.24. The molecule has 0 spiro atoms. The van der Waals surface area contributed by atoms with Crippen molar-refractivity contribution in [2.24, 2.45) is 0 Å². The van der Waals surface area contributed by atoms with Crippen LogP contribution in [0.1, 0.15) is 41.5 Å². The maximum absolute atomic E-state index is 4.53. The molecule has 1 saturated heterocycles. The van der Waals surface area contributed by atoms with Crippen LogP contribution in [0.4, 0.5) is 0 Å². The summed E-state index contributed by atoms with van der Waals surface area (Å²) in [6.45, 7) is 5.93. The second-order valence-electron chi connectivity index (χ2n) is 6.88. The Balaban J connectivity index is 1.41. The average Bonchev–Trinajstić information content (AvgIpc) is 3.27. The van der Waals surface area contributed by atoms with E-state index in [0.717, 1.165) is 37.8 Å². The van der Waals surface area contributed by atoms with Gasteiger partial charge in [0.1, 0.15) is 5.82 Å². The molecule has 1 N–H and O–H groups in total. The summed E-state index contributed by atoms with van der Waals surface area (Å²) in [4.78, 5) is 7.05. The van der Waals surface area contributed by atoms with Crippen LogP contribution in [0.2, 0.25) is 0 Å². The maximum atomic E-state index is 4.53. The molecule has 0 amide bonds. The molecule has 0 bridgehead atoms. The number of aryl methyl sites for hydroxylation is 1. The fourth-order valence-electron chi connectivity index (χ4n) is 3.62. The van der Waals surface area contributed by atoms with E-state index in [0.29, 0.717) is 5.92 Å². The first-order chi connectivity index (χ1) is 12.3. The first-order valence-corrected chi connectivity index (χ1v) is 8.93. The molecule has 1 fully saturated rings. The number of nitrogens with zero attached hydrogens (tertiary/aromatic N) is 5. The molecule has 130 valence electrons. The van der Waals surface area contributed by atoms with Gasteiger partial charge in [0, 0.05) is 31.4 Å². The van der Waals surface area contributed by atoms with Gasteiger partial charge in [-0.25, -0.2) is 4.98 Å². The summed E-state index contributed by atoms with van der Waals surface area (Å²) in [5.74, 6) is 2.30. The van der Waals surface area contributed by atoms with Crippen molar-refractivity contribution in [2.45, 2.75) is 38.8 Å². The third-order valence-electron chi connectivity index (χ3n) is 4.79. The highest BCUT2D eigenvalue weighted by Crippen LogP contribution is 2.25. The van der Waals surface area contributed by atoms with E-state index in [4.69, 9.17) is 0 Å². The molecule has 3 aromatic rings. The zero-order valence-electron chi connectivity index (χ0n) is 14.6. The second kappa shape index (κ2) is 7.19. The van der Waals surface area contributed by atoms with Crippen LogP contribution in [-0.4, -0.2) is 43.0 Å². The summed E-state index contributed by atoms with van der Waals surface area (Å²) in [5, 5.41) is 11.6. The Morgan fingerprint density at radius 2 is 2.08 bits per heavy atom. The van der Waals surface area contributed by atoms with Gasteiger partial charge >= 0.3 is 0 Å². The molecular weight excluding hydrogens is 312 g/mol. The molecule has 1 aromatic carbocycles. The number of hydrogen-bond acceptors (Lipinski definition) is 4. The smallest absolute Gasteiger partial charge is 0.155 e. The lowest BCUT2D eigenvalue weighted by Crippen LogP contribution is -2.34. The third kappa shape index (κ3) is 3.96. The van der Waals surface area contributed by atoms with Crippen molar-refractivity contribution in [1.29, 1.82) is 0 Å². The molecule has 25 heavy (non-hydrogen) atoms. The quantitative estimate of drug-likeness (QED) is 0.778. The van der Waals surface area contributed by atoms with Crippen LogP contribution in [0.3, 0.4) is 0 Å². The predicted molar refractivity (Wildman–Crippen MR) is 96.1 cm³/mol. The van der Waals surface area contributed by atoms with E-state index in [2.05, 4.69) is 49.4 Å². The van der Waals surface area contributed by atoms with E-state index in [9.17, 15) is 0 Å². The lowest BCUT2D eigenvalue weighted by molar-refractivity contribution is 0.196. The Hall–Kier alpha value is -2.47. The lowest BCUT2D eigenvalue weighted by atomic mass is 9.97. The Kier molecular flexibility index (Phi) is 4.61. The molecule has 1 aliphatic heterocycles. The minimum Gasteiger partial charge on any atom is -0.298 e. The number of likely N-dealkylation sites (tertiary alicyclic amines) is 1. The van der Waals surface area contributed by atoms with Crippen molar-refractivity contribution >= 4 is 0 Å². The number of aromatic nitrogens is 5. The largest absolute Gasteiger partial charge is 0.298 e. The molecule has 1 aliphatic rings. The fourth-order valence-corrected chi connectivity index (χ4v) is 3.62. The molecule has 4 rings (SSSR count). The van der Waals surface area contributed by atoms with Crippen molar-refractivity contribution in [1.82, 2.24) is 29.9 Å². The van der Waals surface area contributed by atoms with Crippen LogP contribution < -0.4 is 0 Å². The summed E-state index contributed by atoms with van der Waals surface area (Å²) >= 11 is 0. The van der Waals surface area contributed by atoms with Gasteiger partial charge in [0.05, 0.1) is 6.54 Å². The molecule has 1 atom stereocenters. The second-order valence-corrected chi connectivity index (χ2v) is 6.88. The molecule has 0 aliphatic carbocycles. The van der Waals surface area contributed by atoms with Gasteiger partial charge in [0.15, 0.2) is 5.82 Å². The van der Waals surface area contributed by atoms with E-state index < -0.39 is 0 Å². The Morgan fingerprint density at radius 1 is 1.20 bits per heavy atom. The van der Waals surface area contributed by atoms with Crippen LogP contribution in [-0.2, 0) is 13.1 Å². The summed E-state index contributed by atoms with van der Waals surface area (Å²) in [6, 6.07) is 10.8. The van der Waals surface area contributed by atoms with Gasteiger partial charge in [-0.2, -0.15) is 10.2 Å². The fraction of sp³-hybridized carbons (Fsp3) is 0.421. The normalized spacial score (nSPS) is 18.5. The van der Waals surface area contributed by atoms with E-state index in [1.165, 1.54) is 24.0 Å². The van der Waals surface area contributed by atoms with Crippen LogP contribution in [0.5, 0.6) is 0 Å². The van der Waals surface area contributed by atoms with E-state index in [1.807, 2.05) is 30.1 Å². The molecule has 0 unspecified atom stereocenters. The van der Waals surface area contributed by atoms with Crippen molar-refractivity contribution in [2.75, 3.05) is 13.1 Å². The van der Waals surface area contributed by atoms with Gasteiger partial charge in [-0.05, 0) is 43.5 Å². The summed E-state index contributed by atoms with van der Waals surface area (Å²) in [5.41, 5.74) is 2.65. The number of H-pyrrole nitrogens is 1. The van der Waals surface area contributed by atoms with Crippen molar-refractivity contribution < 1.29 is 0 Å². The van der Waals surface area contributed by atoms with Crippen LogP contribution >= 0.6 is 0 Å². The number of benzene rings is 1. The maximum Gasteiger partial charge on any atom is 0.155 e. The summed E-state index contributed by atoms with van der Waals surface area (Å²) in [6.07, 6.45) is 6.20. The highest BCUT2D eigenvalue weighted by Gasteiger charge is 2.24. The minimum atomic E-state index is 0.436. The first kappa shape index (κ1) is 16.0. The number of nitrogens with one attached hydrogen (secondary N) is 1. The number of rotatable bonds is 5. The first-order valence-electron chi connectivity index (χ1n) is 8.93. The highest BCUT2D eigenvalue weighted by atomic mass is 15.3. The van der Waals surface area contributed by atoms with Gasteiger partial charge in [0.2, 0.25) is 0 Å². The predicted octanol–water partition coefficient (Wildman–Crippen LogP) is 2.74. The molecule has 6 nitrogen and oxygen atoms in total. The Bertz CT molecular complexity index is 807. The number of aromatic amines is 1. The zero-order chi connectivity index (χ0) is 17.1. The Labute approximate surface area is 147 Å². The molecule has 2 aromatic heterocycles. The van der Waals surface area contributed by atoms with Crippen molar-refractivity contribution in [3.8, 4) is 0 Å². The van der Waals surface area contributed by atoms with Crippen LogP contribution in [0.25, 0.3) is 0 Å². The molecular formula is C19H24N6. The standard InChI is InChI=1S/C19H24N6/c1-15-21-19(23-22-15)18-7-3-9-24(14-18)12-16-5-2-6-17(11-16)13-25-10-4-8-20-25/h2,4-6,8,10-11,18H,3,7,9,12-14H2,1H3,(H,21,22,23)/t18-/m1/s1.